The summed E-state index contributed by atoms with van der Waals surface area (Å²) in [6.45, 7) is 1.10. The average Bonchev–Trinajstić information content (AvgIpc) is 3.48. The Balaban J connectivity index is 1.42. The summed E-state index contributed by atoms with van der Waals surface area (Å²) in [4.78, 5) is 24.6. The molecule has 2 aromatic rings. The number of hydrogen-bond donors (Lipinski definition) is 2. The van der Waals surface area contributed by atoms with Gasteiger partial charge in [0.2, 0.25) is 5.91 Å². The van der Waals surface area contributed by atoms with Crippen LogP contribution in [0.3, 0.4) is 0 Å². The molecule has 1 fully saturated rings. The van der Waals surface area contributed by atoms with Crippen molar-refractivity contribution in [2.24, 2.45) is 0 Å². The minimum Gasteiger partial charge on any atom is -0.489 e. The van der Waals surface area contributed by atoms with E-state index in [1.54, 1.807) is 36.4 Å². The van der Waals surface area contributed by atoms with Crippen molar-refractivity contribution in [1.29, 1.82) is 0 Å². The molecule has 1 aliphatic carbocycles. The second-order valence-electron chi connectivity index (χ2n) is 7.01. The summed E-state index contributed by atoms with van der Waals surface area (Å²) < 4.78 is 11.3. The fraction of sp³-hybridized carbons (Fsp3) is 0.333. The van der Waals surface area contributed by atoms with E-state index in [-0.39, 0.29) is 24.3 Å². The van der Waals surface area contributed by atoms with Gasteiger partial charge in [0, 0.05) is 23.7 Å². The molecular formula is C21H21ClN2O4. The van der Waals surface area contributed by atoms with Gasteiger partial charge in [-0.25, -0.2) is 0 Å². The van der Waals surface area contributed by atoms with Gasteiger partial charge in [0.1, 0.15) is 0 Å². The maximum atomic E-state index is 12.5. The van der Waals surface area contributed by atoms with Gasteiger partial charge in [-0.05, 0) is 48.7 Å². The molecule has 28 heavy (non-hydrogen) atoms. The Morgan fingerprint density at radius 3 is 2.75 bits per heavy atom. The second-order valence-corrected chi connectivity index (χ2v) is 7.42. The predicted octanol–water partition coefficient (Wildman–Crippen LogP) is 3.57. The SMILES string of the molecule is O=C(Cc1cc(Cl)c2c(c1)OCCCO2)Nc1cccc(C(=O)NC2CC2)c1. The summed E-state index contributed by atoms with van der Waals surface area (Å²) in [5.74, 6) is 0.767. The molecule has 0 aromatic heterocycles. The minimum atomic E-state index is -0.203. The molecule has 0 atom stereocenters. The van der Waals surface area contributed by atoms with E-state index in [1.807, 2.05) is 0 Å². The van der Waals surface area contributed by atoms with E-state index in [0.717, 1.165) is 24.8 Å². The van der Waals surface area contributed by atoms with Crippen LogP contribution in [0.2, 0.25) is 5.02 Å². The zero-order chi connectivity index (χ0) is 19.5. The molecule has 4 rings (SSSR count). The molecule has 7 heteroatoms. The zero-order valence-electron chi connectivity index (χ0n) is 15.3. The Kier molecular flexibility index (Phi) is 5.39. The molecule has 2 amide bonds. The van der Waals surface area contributed by atoms with Gasteiger partial charge in [0.25, 0.3) is 5.91 Å². The third kappa shape index (κ3) is 4.57. The summed E-state index contributed by atoms with van der Waals surface area (Å²) in [6.07, 6.45) is 2.97. The van der Waals surface area contributed by atoms with Crippen molar-refractivity contribution in [3.05, 3.63) is 52.5 Å². The maximum absolute atomic E-state index is 12.5. The topological polar surface area (TPSA) is 76.7 Å². The van der Waals surface area contributed by atoms with Crippen LogP contribution in [-0.2, 0) is 11.2 Å². The summed E-state index contributed by atoms with van der Waals surface area (Å²) >= 11 is 6.28. The van der Waals surface area contributed by atoms with Gasteiger partial charge in [-0.3, -0.25) is 9.59 Å². The van der Waals surface area contributed by atoms with Gasteiger partial charge in [-0.1, -0.05) is 17.7 Å². The van der Waals surface area contributed by atoms with Crippen LogP contribution in [0.25, 0.3) is 0 Å². The first-order valence-electron chi connectivity index (χ1n) is 9.37. The molecule has 0 unspecified atom stereocenters. The summed E-state index contributed by atoms with van der Waals surface area (Å²) in [7, 11) is 0. The fourth-order valence-corrected chi connectivity index (χ4v) is 3.30. The normalized spacial score (nSPS) is 15.5. The molecule has 6 nitrogen and oxygen atoms in total. The Bertz CT molecular complexity index is 911. The zero-order valence-corrected chi connectivity index (χ0v) is 16.1. The average molecular weight is 401 g/mol. The molecule has 0 radical (unpaired) electrons. The first kappa shape index (κ1) is 18.6. The van der Waals surface area contributed by atoms with Crippen molar-refractivity contribution in [3.63, 3.8) is 0 Å². The maximum Gasteiger partial charge on any atom is 0.251 e. The number of hydrogen-bond acceptors (Lipinski definition) is 4. The Morgan fingerprint density at radius 2 is 1.93 bits per heavy atom. The molecule has 0 saturated heterocycles. The van der Waals surface area contributed by atoms with Crippen molar-refractivity contribution in [2.45, 2.75) is 31.7 Å². The molecule has 1 heterocycles. The van der Waals surface area contributed by atoms with Crippen LogP contribution in [0.1, 0.15) is 35.2 Å². The van der Waals surface area contributed by atoms with Crippen LogP contribution in [0, 0.1) is 0 Å². The number of amides is 2. The van der Waals surface area contributed by atoms with Crippen LogP contribution < -0.4 is 20.1 Å². The van der Waals surface area contributed by atoms with Crippen LogP contribution in [0.5, 0.6) is 11.5 Å². The van der Waals surface area contributed by atoms with E-state index >= 15 is 0 Å². The summed E-state index contributed by atoms with van der Waals surface area (Å²) in [5.41, 5.74) is 1.84. The molecular weight excluding hydrogens is 380 g/mol. The van der Waals surface area contributed by atoms with Crippen LogP contribution in [0.15, 0.2) is 36.4 Å². The van der Waals surface area contributed by atoms with Crippen molar-refractivity contribution in [1.82, 2.24) is 5.32 Å². The molecule has 2 aliphatic rings. The lowest BCUT2D eigenvalue weighted by atomic mass is 10.1. The summed E-state index contributed by atoms with van der Waals surface area (Å²) in [6, 6.07) is 10.7. The van der Waals surface area contributed by atoms with E-state index in [4.69, 9.17) is 21.1 Å². The molecule has 0 bridgehead atoms. The second kappa shape index (κ2) is 8.10. The Labute approximate surface area is 168 Å². The van der Waals surface area contributed by atoms with Crippen LogP contribution >= 0.6 is 11.6 Å². The van der Waals surface area contributed by atoms with Crippen LogP contribution in [0.4, 0.5) is 5.69 Å². The van der Waals surface area contributed by atoms with E-state index < -0.39 is 0 Å². The van der Waals surface area contributed by atoms with Crippen molar-refractivity contribution in [2.75, 3.05) is 18.5 Å². The third-order valence-corrected chi connectivity index (χ3v) is 4.83. The monoisotopic (exact) mass is 400 g/mol. The lowest BCUT2D eigenvalue weighted by Crippen LogP contribution is -2.25. The number of rotatable bonds is 5. The molecule has 146 valence electrons. The highest BCUT2D eigenvalue weighted by molar-refractivity contribution is 6.32. The van der Waals surface area contributed by atoms with E-state index in [1.165, 1.54) is 0 Å². The molecule has 1 saturated carbocycles. The van der Waals surface area contributed by atoms with Crippen molar-refractivity contribution in [3.8, 4) is 11.5 Å². The van der Waals surface area contributed by atoms with Gasteiger partial charge < -0.3 is 20.1 Å². The number of carbonyl (C=O) groups is 2. The number of carbonyl (C=O) groups excluding carboxylic acids is 2. The first-order valence-corrected chi connectivity index (χ1v) is 9.75. The minimum absolute atomic E-state index is 0.117. The molecule has 2 N–H and O–H groups in total. The largest absolute Gasteiger partial charge is 0.489 e. The highest BCUT2D eigenvalue weighted by atomic mass is 35.5. The number of nitrogens with one attached hydrogen (secondary N) is 2. The number of ether oxygens (including phenoxy) is 2. The summed E-state index contributed by atoms with van der Waals surface area (Å²) in [5, 5.41) is 6.20. The standard InChI is InChI=1S/C21H21ClN2O4/c22-17-9-13(10-18-20(17)28-8-2-7-27-18)11-19(25)23-16-4-1-3-14(12-16)21(26)24-15-5-6-15/h1,3-4,9-10,12,15H,2,5-8,11H2,(H,23,25)(H,24,26). The van der Waals surface area contributed by atoms with E-state index in [9.17, 15) is 9.59 Å². The molecule has 0 spiro atoms. The van der Waals surface area contributed by atoms with Gasteiger partial charge >= 0.3 is 0 Å². The number of benzene rings is 2. The van der Waals surface area contributed by atoms with E-state index in [0.29, 0.717) is 41.0 Å². The van der Waals surface area contributed by atoms with Gasteiger partial charge in [-0.2, -0.15) is 0 Å². The smallest absolute Gasteiger partial charge is 0.251 e. The van der Waals surface area contributed by atoms with Gasteiger partial charge in [0.15, 0.2) is 11.5 Å². The predicted molar refractivity (Wildman–Crippen MR) is 106 cm³/mol. The quantitative estimate of drug-likeness (QED) is 0.804. The van der Waals surface area contributed by atoms with Crippen LogP contribution in [-0.4, -0.2) is 31.1 Å². The van der Waals surface area contributed by atoms with Gasteiger partial charge in [-0.15, -0.1) is 0 Å². The highest BCUT2D eigenvalue weighted by Crippen LogP contribution is 2.38. The van der Waals surface area contributed by atoms with Gasteiger partial charge in [0.05, 0.1) is 24.7 Å². The third-order valence-electron chi connectivity index (χ3n) is 4.55. The number of anilines is 1. The Morgan fingerprint density at radius 1 is 1.11 bits per heavy atom. The van der Waals surface area contributed by atoms with Crippen molar-refractivity contribution >= 4 is 29.1 Å². The Hall–Kier alpha value is -2.73. The first-order chi connectivity index (χ1) is 13.6. The fourth-order valence-electron chi connectivity index (χ4n) is 3.01. The molecule has 1 aliphatic heterocycles. The lowest BCUT2D eigenvalue weighted by molar-refractivity contribution is -0.115. The van der Waals surface area contributed by atoms with Crippen molar-refractivity contribution < 1.29 is 19.1 Å². The highest BCUT2D eigenvalue weighted by Gasteiger charge is 2.24. The van der Waals surface area contributed by atoms with E-state index in [2.05, 4.69) is 10.6 Å². The number of halogens is 1. The number of fused-ring (bicyclic) bond motifs is 1. The lowest BCUT2D eigenvalue weighted by Gasteiger charge is -2.12. The molecule has 2 aromatic carbocycles.